The van der Waals surface area contributed by atoms with E-state index in [9.17, 15) is 9.59 Å². The zero-order valence-electron chi connectivity index (χ0n) is 11.6. The molecule has 110 valence electrons. The van der Waals surface area contributed by atoms with E-state index in [1.807, 2.05) is 6.92 Å². The summed E-state index contributed by atoms with van der Waals surface area (Å²) in [6, 6.07) is 6.81. The van der Waals surface area contributed by atoms with Crippen LogP contribution in [0.2, 0.25) is 0 Å². The predicted molar refractivity (Wildman–Crippen MR) is 77.2 cm³/mol. The van der Waals surface area contributed by atoms with Crippen molar-refractivity contribution in [3.8, 4) is 5.75 Å². The summed E-state index contributed by atoms with van der Waals surface area (Å²) in [5.74, 6) is 0.0271. The van der Waals surface area contributed by atoms with Gasteiger partial charge >= 0.3 is 0 Å². The van der Waals surface area contributed by atoms with Crippen molar-refractivity contribution in [2.45, 2.75) is 19.8 Å². The number of benzene rings is 1. The van der Waals surface area contributed by atoms with Gasteiger partial charge in [-0.1, -0.05) is 19.4 Å². The molecule has 0 aliphatic heterocycles. The molecule has 1 aromatic rings. The molecule has 1 aromatic carbocycles. The fourth-order valence-corrected chi connectivity index (χ4v) is 1.69. The number of amides is 2. The van der Waals surface area contributed by atoms with Gasteiger partial charge in [0.05, 0.1) is 0 Å². The summed E-state index contributed by atoms with van der Waals surface area (Å²) in [4.78, 5) is 22.5. The average molecular weight is 279 g/mol. The second-order valence-electron chi connectivity index (χ2n) is 4.55. The predicted octanol–water partition coefficient (Wildman–Crippen LogP) is 0.864. The van der Waals surface area contributed by atoms with Crippen LogP contribution in [0, 0.1) is 5.92 Å². The van der Waals surface area contributed by atoms with Crippen molar-refractivity contribution in [2.24, 2.45) is 17.4 Å². The van der Waals surface area contributed by atoms with Crippen molar-refractivity contribution in [1.29, 1.82) is 0 Å². The van der Waals surface area contributed by atoms with Crippen LogP contribution >= 0.6 is 0 Å². The summed E-state index contributed by atoms with van der Waals surface area (Å²) < 4.78 is 5.17. The Hall–Kier alpha value is -2.08. The maximum Gasteiger partial charge on any atom is 0.255 e. The number of carbonyl (C=O) groups is 2. The number of hydrogen-bond acceptors (Lipinski definition) is 4. The van der Waals surface area contributed by atoms with Crippen LogP contribution < -0.4 is 21.5 Å². The molecule has 1 atom stereocenters. The zero-order chi connectivity index (χ0) is 15.0. The van der Waals surface area contributed by atoms with Crippen LogP contribution in [-0.2, 0) is 9.59 Å². The molecule has 0 aromatic heterocycles. The molecule has 0 spiro atoms. The molecule has 2 amide bonds. The Morgan fingerprint density at radius 2 is 2.15 bits per heavy atom. The Morgan fingerprint density at radius 1 is 1.40 bits per heavy atom. The molecule has 0 fully saturated rings. The lowest BCUT2D eigenvalue weighted by atomic mass is 10.0. The van der Waals surface area contributed by atoms with Gasteiger partial charge < -0.3 is 21.5 Å². The van der Waals surface area contributed by atoms with Crippen molar-refractivity contribution in [1.82, 2.24) is 0 Å². The first kappa shape index (κ1) is 16.0. The summed E-state index contributed by atoms with van der Waals surface area (Å²) in [5, 5.41) is 2.78. The molecule has 1 rings (SSSR count). The van der Waals surface area contributed by atoms with Crippen LogP contribution in [0.3, 0.4) is 0 Å². The maximum atomic E-state index is 11.8. The number of primary amides is 1. The maximum absolute atomic E-state index is 11.8. The standard InChI is InChI=1S/C14H21N3O3/c1-2-10(8-15)6-14(19)17-11-4-3-5-12(7-11)20-9-13(16)18/h3-5,7,10H,2,6,8-9,15H2,1H3,(H2,16,18)(H,17,19). The highest BCUT2D eigenvalue weighted by atomic mass is 16.5. The lowest BCUT2D eigenvalue weighted by Crippen LogP contribution is -2.22. The molecule has 5 N–H and O–H groups in total. The monoisotopic (exact) mass is 279 g/mol. The van der Waals surface area contributed by atoms with Crippen molar-refractivity contribution in [3.63, 3.8) is 0 Å². The van der Waals surface area contributed by atoms with Crippen molar-refractivity contribution < 1.29 is 14.3 Å². The summed E-state index contributed by atoms with van der Waals surface area (Å²) in [5.41, 5.74) is 11.2. The summed E-state index contributed by atoms with van der Waals surface area (Å²) in [6.45, 7) is 2.30. The van der Waals surface area contributed by atoms with E-state index in [2.05, 4.69) is 5.32 Å². The third-order valence-electron chi connectivity index (χ3n) is 2.88. The third kappa shape index (κ3) is 5.71. The van der Waals surface area contributed by atoms with E-state index in [0.29, 0.717) is 24.4 Å². The smallest absolute Gasteiger partial charge is 0.255 e. The van der Waals surface area contributed by atoms with Crippen LogP contribution in [0.5, 0.6) is 5.75 Å². The van der Waals surface area contributed by atoms with Gasteiger partial charge in [0, 0.05) is 18.2 Å². The number of anilines is 1. The first-order valence-corrected chi connectivity index (χ1v) is 6.56. The Labute approximate surface area is 118 Å². The first-order chi connectivity index (χ1) is 9.55. The minimum absolute atomic E-state index is 0.0886. The number of nitrogens with two attached hydrogens (primary N) is 2. The highest BCUT2D eigenvalue weighted by Crippen LogP contribution is 2.18. The Bertz CT molecular complexity index is 459. The van der Waals surface area contributed by atoms with Crippen LogP contribution in [0.4, 0.5) is 5.69 Å². The lowest BCUT2D eigenvalue weighted by Gasteiger charge is -2.12. The molecule has 0 saturated heterocycles. The zero-order valence-corrected chi connectivity index (χ0v) is 11.6. The Kier molecular flexibility index (Phi) is 6.52. The van der Waals surface area contributed by atoms with Gasteiger partial charge in [-0.2, -0.15) is 0 Å². The normalized spacial score (nSPS) is 11.7. The Balaban J connectivity index is 2.56. The average Bonchev–Trinajstić information content (AvgIpc) is 2.43. The summed E-state index contributed by atoms with van der Waals surface area (Å²) in [7, 11) is 0. The molecule has 0 aliphatic rings. The highest BCUT2D eigenvalue weighted by molar-refractivity contribution is 5.91. The molecule has 0 aliphatic carbocycles. The van der Waals surface area contributed by atoms with E-state index in [0.717, 1.165) is 6.42 Å². The minimum Gasteiger partial charge on any atom is -0.484 e. The number of hydrogen-bond donors (Lipinski definition) is 3. The van der Waals surface area contributed by atoms with E-state index in [1.165, 1.54) is 0 Å². The molecule has 6 nitrogen and oxygen atoms in total. The van der Waals surface area contributed by atoms with Gasteiger partial charge in [0.15, 0.2) is 6.61 Å². The highest BCUT2D eigenvalue weighted by Gasteiger charge is 2.11. The van der Waals surface area contributed by atoms with Gasteiger partial charge in [0.1, 0.15) is 5.75 Å². The van der Waals surface area contributed by atoms with Crippen LogP contribution in [0.1, 0.15) is 19.8 Å². The van der Waals surface area contributed by atoms with Crippen LogP contribution in [-0.4, -0.2) is 25.0 Å². The molecule has 6 heteroatoms. The molecular weight excluding hydrogens is 258 g/mol. The molecule has 1 unspecified atom stereocenters. The van der Waals surface area contributed by atoms with Crippen molar-refractivity contribution in [3.05, 3.63) is 24.3 Å². The SMILES string of the molecule is CCC(CN)CC(=O)Nc1cccc(OCC(N)=O)c1. The van der Waals surface area contributed by atoms with E-state index in [4.69, 9.17) is 16.2 Å². The molecule has 0 radical (unpaired) electrons. The largest absolute Gasteiger partial charge is 0.484 e. The summed E-state index contributed by atoms with van der Waals surface area (Å²) in [6.07, 6.45) is 1.26. The quantitative estimate of drug-likeness (QED) is 0.656. The Morgan fingerprint density at radius 3 is 2.75 bits per heavy atom. The summed E-state index contributed by atoms with van der Waals surface area (Å²) >= 11 is 0. The van der Waals surface area contributed by atoms with Gasteiger partial charge in [0.25, 0.3) is 5.91 Å². The second kappa shape index (κ2) is 8.16. The van der Waals surface area contributed by atoms with Crippen molar-refractivity contribution >= 4 is 17.5 Å². The fourth-order valence-electron chi connectivity index (χ4n) is 1.69. The topological polar surface area (TPSA) is 107 Å². The number of ether oxygens (including phenoxy) is 1. The number of nitrogens with one attached hydrogen (secondary N) is 1. The molecule has 20 heavy (non-hydrogen) atoms. The van der Waals surface area contributed by atoms with E-state index in [1.54, 1.807) is 24.3 Å². The molecule has 0 bridgehead atoms. The first-order valence-electron chi connectivity index (χ1n) is 6.56. The lowest BCUT2D eigenvalue weighted by molar-refractivity contribution is -0.120. The number of carbonyl (C=O) groups excluding carboxylic acids is 2. The van der Waals surface area contributed by atoms with Gasteiger partial charge in [-0.15, -0.1) is 0 Å². The number of rotatable bonds is 8. The van der Waals surface area contributed by atoms with Gasteiger partial charge in [-0.3, -0.25) is 9.59 Å². The van der Waals surface area contributed by atoms with Gasteiger partial charge in [-0.25, -0.2) is 0 Å². The molecular formula is C14H21N3O3. The fraction of sp³-hybridized carbons (Fsp3) is 0.429. The molecule has 0 saturated carbocycles. The van der Waals surface area contributed by atoms with Crippen molar-refractivity contribution in [2.75, 3.05) is 18.5 Å². The molecule has 0 heterocycles. The van der Waals surface area contributed by atoms with E-state index >= 15 is 0 Å². The van der Waals surface area contributed by atoms with Crippen LogP contribution in [0.15, 0.2) is 24.3 Å². The van der Waals surface area contributed by atoms with Gasteiger partial charge in [-0.05, 0) is 24.6 Å². The van der Waals surface area contributed by atoms with E-state index in [-0.39, 0.29) is 18.4 Å². The minimum atomic E-state index is -0.548. The third-order valence-corrected chi connectivity index (χ3v) is 2.88. The second-order valence-corrected chi connectivity index (χ2v) is 4.55. The van der Waals surface area contributed by atoms with Gasteiger partial charge in [0.2, 0.25) is 5.91 Å². The van der Waals surface area contributed by atoms with E-state index < -0.39 is 5.91 Å². The van der Waals surface area contributed by atoms with Crippen LogP contribution in [0.25, 0.3) is 0 Å².